The van der Waals surface area contributed by atoms with Crippen LogP contribution in [0.5, 0.6) is 5.75 Å². The van der Waals surface area contributed by atoms with Gasteiger partial charge in [-0.15, -0.1) is 0 Å². The van der Waals surface area contributed by atoms with Crippen LogP contribution in [-0.2, 0) is 14.8 Å². The van der Waals surface area contributed by atoms with E-state index in [1.54, 1.807) is 13.0 Å². The van der Waals surface area contributed by atoms with Crippen molar-refractivity contribution in [2.75, 3.05) is 11.9 Å². The summed E-state index contributed by atoms with van der Waals surface area (Å²) in [6, 6.07) is 9.88. The molecule has 2 rings (SSSR count). The van der Waals surface area contributed by atoms with E-state index in [1.807, 2.05) is 0 Å². The summed E-state index contributed by atoms with van der Waals surface area (Å²) in [6.07, 6.45) is 0. The minimum absolute atomic E-state index is 0.0446. The highest BCUT2D eigenvalue weighted by Gasteiger charge is 2.16. The van der Waals surface area contributed by atoms with Crippen molar-refractivity contribution in [3.63, 3.8) is 0 Å². The second kappa shape index (κ2) is 7.28. The highest BCUT2D eigenvalue weighted by molar-refractivity contribution is 7.89. The molecule has 1 amide bonds. The number of aryl methyl sites for hydroxylation is 1. The number of primary sulfonamides is 1. The first-order chi connectivity index (χ1) is 11.7. The maximum absolute atomic E-state index is 11.9. The van der Waals surface area contributed by atoms with Gasteiger partial charge in [0, 0.05) is 11.8 Å². The van der Waals surface area contributed by atoms with E-state index in [-0.39, 0.29) is 22.0 Å². The zero-order valence-corrected chi connectivity index (χ0v) is 13.9. The molecule has 0 unspecified atom stereocenters. The van der Waals surface area contributed by atoms with Crippen molar-refractivity contribution in [1.29, 1.82) is 0 Å². The predicted molar refractivity (Wildman–Crippen MR) is 89.8 cm³/mol. The van der Waals surface area contributed by atoms with Crippen LogP contribution in [0.3, 0.4) is 0 Å². The number of carbonyl (C=O) groups is 1. The van der Waals surface area contributed by atoms with Crippen molar-refractivity contribution < 1.29 is 22.9 Å². The molecule has 0 aliphatic heterocycles. The maximum Gasteiger partial charge on any atom is 0.310 e. The second-order valence-electron chi connectivity index (χ2n) is 5.09. The molecule has 9 nitrogen and oxygen atoms in total. The van der Waals surface area contributed by atoms with Crippen molar-refractivity contribution >= 4 is 27.3 Å². The maximum atomic E-state index is 11.9. The highest BCUT2D eigenvalue weighted by atomic mass is 32.2. The van der Waals surface area contributed by atoms with Gasteiger partial charge in [0.15, 0.2) is 12.4 Å². The topological polar surface area (TPSA) is 142 Å². The van der Waals surface area contributed by atoms with E-state index in [0.29, 0.717) is 5.56 Å². The minimum atomic E-state index is -3.92. The molecular weight excluding hydrogens is 350 g/mol. The summed E-state index contributed by atoms with van der Waals surface area (Å²) in [5.74, 6) is -0.654. The molecule has 0 aliphatic rings. The van der Waals surface area contributed by atoms with Crippen LogP contribution in [0.1, 0.15) is 5.56 Å². The number of nitrogens with zero attached hydrogens (tertiary/aromatic N) is 1. The quantitative estimate of drug-likeness (QED) is 0.588. The van der Waals surface area contributed by atoms with E-state index in [2.05, 4.69) is 5.32 Å². The molecule has 3 N–H and O–H groups in total. The standard InChI is InChI=1S/C15H15N3O6S/c1-10-6-7-11(8-14(10)25(16,22)23)17-15(19)9-24-13-5-3-2-4-12(13)18(20)21/h2-8H,9H2,1H3,(H,17,19)(H2,16,22,23). The number of nitrogens with one attached hydrogen (secondary N) is 1. The molecule has 25 heavy (non-hydrogen) atoms. The summed E-state index contributed by atoms with van der Waals surface area (Å²) in [7, 11) is -3.92. The molecule has 10 heteroatoms. The Labute approximate surface area is 143 Å². The lowest BCUT2D eigenvalue weighted by Crippen LogP contribution is -2.21. The Morgan fingerprint density at radius 3 is 2.60 bits per heavy atom. The molecule has 0 saturated heterocycles. The van der Waals surface area contributed by atoms with Crippen LogP contribution in [0.15, 0.2) is 47.4 Å². The number of anilines is 1. The third-order valence-electron chi connectivity index (χ3n) is 3.20. The van der Waals surface area contributed by atoms with Gasteiger partial charge in [-0.05, 0) is 30.7 Å². The third kappa shape index (κ3) is 4.75. The third-order valence-corrected chi connectivity index (χ3v) is 4.25. The number of amides is 1. The number of nitro groups is 1. The van der Waals surface area contributed by atoms with Crippen molar-refractivity contribution in [2.45, 2.75) is 11.8 Å². The van der Waals surface area contributed by atoms with E-state index in [1.165, 1.54) is 36.4 Å². The Bertz CT molecular complexity index is 927. The Hall–Kier alpha value is -2.98. The lowest BCUT2D eigenvalue weighted by Gasteiger charge is -2.10. The summed E-state index contributed by atoms with van der Waals surface area (Å²) < 4.78 is 28.1. The SMILES string of the molecule is Cc1ccc(NC(=O)COc2ccccc2[N+](=O)[O-])cc1S(N)(=O)=O. The zero-order chi connectivity index (χ0) is 18.6. The lowest BCUT2D eigenvalue weighted by atomic mass is 10.2. The lowest BCUT2D eigenvalue weighted by molar-refractivity contribution is -0.385. The number of nitrogens with two attached hydrogens (primary N) is 1. The van der Waals surface area contributed by atoms with Crippen molar-refractivity contribution in [2.24, 2.45) is 5.14 Å². The average molecular weight is 365 g/mol. The van der Waals surface area contributed by atoms with Gasteiger partial charge in [0.1, 0.15) is 0 Å². The number of hydrogen-bond donors (Lipinski definition) is 2. The summed E-state index contributed by atoms with van der Waals surface area (Å²) in [6.45, 7) is 1.09. The Kier molecular flexibility index (Phi) is 5.35. The molecule has 132 valence electrons. The number of nitro benzene ring substituents is 1. The van der Waals surface area contributed by atoms with Crippen molar-refractivity contribution in [1.82, 2.24) is 0 Å². The largest absolute Gasteiger partial charge is 0.477 e. The number of sulfonamides is 1. The van der Waals surface area contributed by atoms with E-state index < -0.39 is 27.5 Å². The fourth-order valence-corrected chi connectivity index (χ4v) is 2.86. The number of carbonyl (C=O) groups excluding carboxylic acids is 1. The van der Waals surface area contributed by atoms with Gasteiger partial charge in [-0.2, -0.15) is 0 Å². The molecule has 0 radical (unpaired) electrons. The number of para-hydroxylation sites is 2. The molecule has 2 aromatic rings. The predicted octanol–water partition coefficient (Wildman–Crippen LogP) is 1.57. The monoisotopic (exact) mass is 365 g/mol. The van der Waals surface area contributed by atoms with Gasteiger partial charge in [-0.3, -0.25) is 14.9 Å². The number of rotatable bonds is 6. The molecule has 0 spiro atoms. The van der Waals surface area contributed by atoms with Crippen molar-refractivity contribution in [3.8, 4) is 5.75 Å². The van der Waals surface area contributed by atoms with Gasteiger partial charge in [0.05, 0.1) is 9.82 Å². The minimum Gasteiger partial charge on any atom is -0.477 e. The number of benzene rings is 2. The second-order valence-corrected chi connectivity index (χ2v) is 6.62. The molecule has 0 aliphatic carbocycles. The smallest absolute Gasteiger partial charge is 0.310 e. The van der Waals surface area contributed by atoms with Crippen LogP contribution in [0.2, 0.25) is 0 Å². The van der Waals surface area contributed by atoms with Crippen LogP contribution in [0.4, 0.5) is 11.4 Å². The first kappa shape index (κ1) is 18.4. The Morgan fingerprint density at radius 1 is 1.28 bits per heavy atom. The molecular formula is C15H15N3O6S. The van der Waals surface area contributed by atoms with Gasteiger partial charge in [0.25, 0.3) is 5.91 Å². The molecule has 0 bridgehead atoms. The van der Waals surface area contributed by atoms with Gasteiger partial charge < -0.3 is 10.1 Å². The summed E-state index contributed by atoms with van der Waals surface area (Å²) in [5.41, 5.74) is 0.393. The highest BCUT2D eigenvalue weighted by Crippen LogP contribution is 2.25. The molecule has 2 aromatic carbocycles. The van der Waals surface area contributed by atoms with Crippen LogP contribution < -0.4 is 15.2 Å². The van der Waals surface area contributed by atoms with Crippen LogP contribution in [0, 0.1) is 17.0 Å². The number of ether oxygens (including phenoxy) is 1. The van der Waals surface area contributed by atoms with Gasteiger partial charge in [0.2, 0.25) is 10.0 Å². The molecule has 0 heterocycles. The van der Waals surface area contributed by atoms with Crippen molar-refractivity contribution in [3.05, 3.63) is 58.1 Å². The zero-order valence-electron chi connectivity index (χ0n) is 13.1. The number of hydrogen-bond acceptors (Lipinski definition) is 6. The van der Waals surface area contributed by atoms with E-state index in [9.17, 15) is 23.3 Å². The van der Waals surface area contributed by atoms with E-state index in [4.69, 9.17) is 9.88 Å². The molecule has 0 fully saturated rings. The van der Waals surface area contributed by atoms with Gasteiger partial charge in [-0.1, -0.05) is 18.2 Å². The first-order valence-electron chi connectivity index (χ1n) is 6.98. The van der Waals surface area contributed by atoms with E-state index >= 15 is 0 Å². The fourth-order valence-electron chi connectivity index (χ4n) is 2.05. The Morgan fingerprint density at radius 2 is 1.96 bits per heavy atom. The Balaban J connectivity index is 2.08. The average Bonchev–Trinajstić information content (AvgIpc) is 2.54. The van der Waals surface area contributed by atoms with Crippen LogP contribution in [0.25, 0.3) is 0 Å². The summed E-state index contributed by atoms with van der Waals surface area (Å²) in [5, 5.41) is 18.4. The normalized spacial score (nSPS) is 11.0. The summed E-state index contributed by atoms with van der Waals surface area (Å²) >= 11 is 0. The van der Waals surface area contributed by atoms with Gasteiger partial charge in [-0.25, -0.2) is 13.6 Å². The van der Waals surface area contributed by atoms with Gasteiger partial charge >= 0.3 is 5.69 Å². The fraction of sp³-hybridized carbons (Fsp3) is 0.133. The van der Waals surface area contributed by atoms with Crippen LogP contribution >= 0.6 is 0 Å². The molecule has 0 saturated carbocycles. The first-order valence-corrected chi connectivity index (χ1v) is 8.52. The summed E-state index contributed by atoms with van der Waals surface area (Å²) in [4.78, 5) is 22.1. The molecule has 0 atom stereocenters. The van der Waals surface area contributed by atoms with E-state index in [0.717, 1.165) is 0 Å². The molecule has 0 aromatic heterocycles. The van der Waals surface area contributed by atoms with Crippen LogP contribution in [-0.4, -0.2) is 25.9 Å².